The van der Waals surface area contributed by atoms with Crippen LogP contribution in [-0.2, 0) is 21.2 Å². The number of likely N-dealkylation sites (tertiary alicyclic amines) is 1. The number of benzene rings is 2. The maximum Gasteiger partial charge on any atom is 0.326 e. The van der Waals surface area contributed by atoms with Crippen molar-refractivity contribution in [2.45, 2.75) is 45.4 Å². The lowest BCUT2D eigenvalue weighted by Gasteiger charge is -2.21. The zero-order valence-corrected chi connectivity index (χ0v) is 24.8. The maximum atomic E-state index is 13.4. The van der Waals surface area contributed by atoms with Crippen molar-refractivity contribution in [3.8, 4) is 5.75 Å². The molecule has 2 atom stereocenters. The van der Waals surface area contributed by atoms with Gasteiger partial charge in [0.05, 0.1) is 5.75 Å². The number of allylic oxidation sites excluding steroid dienone is 5. The number of hydrogen-bond donors (Lipinski definition) is 2. The maximum absolute atomic E-state index is 13.4. The second kappa shape index (κ2) is 14.8. The molecule has 0 saturated carbocycles. The Kier molecular flexibility index (Phi) is 11.5. The van der Waals surface area contributed by atoms with Crippen LogP contribution < -0.4 is 10.1 Å². The van der Waals surface area contributed by atoms with Gasteiger partial charge < -0.3 is 15.2 Å². The lowest BCUT2D eigenvalue weighted by molar-refractivity contribution is -0.139. The van der Waals surface area contributed by atoms with Crippen LogP contribution in [0.1, 0.15) is 48.2 Å². The Morgan fingerprint density at radius 1 is 1.15 bits per heavy atom. The number of sulfone groups is 1. The van der Waals surface area contributed by atoms with Gasteiger partial charge in [0, 0.05) is 31.5 Å². The average Bonchev–Trinajstić information content (AvgIpc) is 3.35. The molecular weight excluding hydrogens is 540 g/mol. The van der Waals surface area contributed by atoms with Gasteiger partial charge in [-0.05, 0) is 59.7 Å². The number of para-hydroxylation sites is 1. The van der Waals surface area contributed by atoms with Crippen molar-refractivity contribution < 1.29 is 27.9 Å². The molecule has 2 unspecified atom stereocenters. The molecule has 2 aromatic carbocycles. The van der Waals surface area contributed by atoms with E-state index in [9.17, 15) is 23.1 Å². The first-order valence-electron chi connectivity index (χ1n) is 13.7. The highest BCUT2D eigenvalue weighted by Gasteiger charge is 2.27. The van der Waals surface area contributed by atoms with Crippen LogP contribution in [0.4, 0.5) is 0 Å². The summed E-state index contributed by atoms with van der Waals surface area (Å²) in [7, 11) is -3.39. The number of carbonyl (C=O) groups excluding carboxylic acids is 1. The molecule has 0 radical (unpaired) electrons. The lowest BCUT2D eigenvalue weighted by atomic mass is 9.89. The molecule has 9 heteroatoms. The van der Waals surface area contributed by atoms with Crippen molar-refractivity contribution in [1.82, 2.24) is 10.2 Å². The predicted octanol–water partition coefficient (Wildman–Crippen LogP) is 4.74. The van der Waals surface area contributed by atoms with E-state index in [1.807, 2.05) is 68.5 Å². The largest absolute Gasteiger partial charge is 0.489 e. The van der Waals surface area contributed by atoms with Gasteiger partial charge in [-0.2, -0.15) is 0 Å². The molecule has 0 bridgehead atoms. The zero-order valence-electron chi connectivity index (χ0n) is 24.0. The molecule has 0 aliphatic carbocycles. The van der Waals surface area contributed by atoms with Crippen molar-refractivity contribution in [1.29, 1.82) is 0 Å². The second-order valence-corrected chi connectivity index (χ2v) is 12.9. The van der Waals surface area contributed by atoms with Crippen LogP contribution in [0, 0.1) is 5.92 Å². The summed E-state index contributed by atoms with van der Waals surface area (Å²) < 4.78 is 29.4. The highest BCUT2D eigenvalue weighted by Crippen LogP contribution is 2.29. The average molecular weight is 581 g/mol. The van der Waals surface area contributed by atoms with Gasteiger partial charge in [-0.3, -0.25) is 9.69 Å². The van der Waals surface area contributed by atoms with Crippen molar-refractivity contribution >= 4 is 27.3 Å². The zero-order chi connectivity index (χ0) is 30.0. The van der Waals surface area contributed by atoms with Crippen LogP contribution in [0.25, 0.3) is 5.57 Å². The number of nitrogens with zero attached hydrogens (tertiary/aromatic N) is 1. The molecule has 1 saturated heterocycles. The fourth-order valence-corrected chi connectivity index (χ4v) is 5.43. The number of hydrogen-bond acceptors (Lipinski definition) is 6. The molecule has 1 aliphatic rings. The SMILES string of the molecule is C=C/C=C\C=C(\c1cc(CN2CCC(Oc3ccccc3)C2)ccc1C(=O)NC(CCS(C)(=O)=O)C(=O)O)C(C)C. The van der Waals surface area contributed by atoms with Crippen LogP contribution in [0.2, 0.25) is 0 Å². The fourth-order valence-electron chi connectivity index (χ4n) is 4.77. The summed E-state index contributed by atoms with van der Waals surface area (Å²) in [5.41, 5.74) is 2.96. The summed E-state index contributed by atoms with van der Waals surface area (Å²) in [6, 6.07) is 14.0. The van der Waals surface area contributed by atoms with Crippen molar-refractivity contribution in [2.75, 3.05) is 25.1 Å². The van der Waals surface area contributed by atoms with Crippen LogP contribution in [0.3, 0.4) is 0 Å². The highest BCUT2D eigenvalue weighted by atomic mass is 32.2. The van der Waals surface area contributed by atoms with Crippen LogP contribution in [0.5, 0.6) is 5.75 Å². The van der Waals surface area contributed by atoms with E-state index >= 15 is 0 Å². The van der Waals surface area contributed by atoms with Gasteiger partial charge in [0.1, 0.15) is 27.7 Å². The molecule has 1 fully saturated rings. The Hall–Kier alpha value is -3.69. The van der Waals surface area contributed by atoms with E-state index < -0.39 is 27.8 Å². The van der Waals surface area contributed by atoms with Gasteiger partial charge in [0.2, 0.25) is 0 Å². The quantitative estimate of drug-likeness (QED) is 0.311. The molecule has 0 aromatic heterocycles. The molecule has 220 valence electrons. The van der Waals surface area contributed by atoms with Crippen LogP contribution in [0.15, 0.2) is 79.4 Å². The molecule has 2 N–H and O–H groups in total. The first-order valence-corrected chi connectivity index (χ1v) is 15.8. The Labute approximate surface area is 243 Å². The number of aliphatic carboxylic acids is 1. The second-order valence-electron chi connectivity index (χ2n) is 10.6. The molecular formula is C32H40N2O6S. The summed E-state index contributed by atoms with van der Waals surface area (Å²) >= 11 is 0. The monoisotopic (exact) mass is 580 g/mol. The van der Waals surface area contributed by atoms with E-state index in [2.05, 4.69) is 16.8 Å². The topological polar surface area (TPSA) is 113 Å². The van der Waals surface area contributed by atoms with E-state index in [0.717, 1.165) is 42.7 Å². The van der Waals surface area contributed by atoms with Crippen LogP contribution >= 0.6 is 0 Å². The number of carbonyl (C=O) groups is 2. The minimum absolute atomic E-state index is 0.0576. The molecule has 2 aromatic rings. The molecule has 41 heavy (non-hydrogen) atoms. The molecule has 1 amide bonds. The third kappa shape index (κ3) is 10.0. The molecule has 1 heterocycles. The van der Waals surface area contributed by atoms with E-state index in [1.165, 1.54) is 0 Å². The Morgan fingerprint density at radius 2 is 1.88 bits per heavy atom. The van der Waals surface area contributed by atoms with E-state index in [1.54, 1.807) is 18.2 Å². The first-order chi connectivity index (χ1) is 19.5. The van der Waals surface area contributed by atoms with E-state index in [0.29, 0.717) is 17.7 Å². The number of amides is 1. The molecule has 0 spiro atoms. The summed E-state index contributed by atoms with van der Waals surface area (Å²) in [5.74, 6) is -1.28. The minimum Gasteiger partial charge on any atom is -0.489 e. The number of ether oxygens (including phenoxy) is 1. The van der Waals surface area contributed by atoms with Gasteiger partial charge in [0.25, 0.3) is 5.91 Å². The molecule has 8 nitrogen and oxygen atoms in total. The van der Waals surface area contributed by atoms with Crippen molar-refractivity contribution in [3.63, 3.8) is 0 Å². The standard InChI is InChI=1S/C32H40N2O6S/c1-5-6-8-13-27(23(2)3)29-20-24(21-34-18-16-26(22-34)40-25-11-9-7-10-12-25)14-15-28(29)31(35)33-30(32(36)37)17-19-41(4,38)39/h5-15,20,23,26,30H,1,16-19,21-22H2,2-4H3,(H,33,35)(H,36,37)/b8-6-,27-13+. The van der Waals surface area contributed by atoms with E-state index in [-0.39, 0.29) is 24.2 Å². The Balaban J connectivity index is 1.86. The summed E-state index contributed by atoms with van der Waals surface area (Å²) in [4.78, 5) is 27.6. The van der Waals surface area contributed by atoms with Gasteiger partial charge in [0.15, 0.2) is 0 Å². The smallest absolute Gasteiger partial charge is 0.326 e. The van der Waals surface area contributed by atoms with E-state index in [4.69, 9.17) is 4.74 Å². The number of nitrogens with one attached hydrogen (secondary N) is 1. The van der Waals surface area contributed by atoms with Crippen LogP contribution in [-0.4, -0.2) is 67.5 Å². The summed E-state index contributed by atoms with van der Waals surface area (Å²) in [5, 5.41) is 12.2. The third-order valence-electron chi connectivity index (χ3n) is 6.85. The van der Waals surface area contributed by atoms with Gasteiger partial charge in [-0.1, -0.05) is 69.0 Å². The predicted molar refractivity (Wildman–Crippen MR) is 163 cm³/mol. The number of carboxylic acid groups (broad SMARTS) is 1. The number of rotatable bonds is 14. The molecule has 1 aliphatic heterocycles. The Bertz CT molecular complexity index is 1380. The minimum atomic E-state index is -3.39. The summed E-state index contributed by atoms with van der Waals surface area (Å²) in [6.07, 6.45) is 9.08. The summed E-state index contributed by atoms with van der Waals surface area (Å²) in [6.45, 7) is 10.1. The van der Waals surface area contributed by atoms with Gasteiger partial charge in [-0.15, -0.1) is 0 Å². The van der Waals surface area contributed by atoms with Gasteiger partial charge >= 0.3 is 5.97 Å². The third-order valence-corrected chi connectivity index (χ3v) is 7.82. The highest BCUT2D eigenvalue weighted by molar-refractivity contribution is 7.90. The normalized spacial score (nSPS) is 17.1. The Morgan fingerprint density at radius 3 is 2.51 bits per heavy atom. The van der Waals surface area contributed by atoms with Crippen molar-refractivity contribution in [2.24, 2.45) is 5.92 Å². The fraction of sp³-hybridized carbons (Fsp3) is 0.375. The number of carboxylic acids is 1. The van der Waals surface area contributed by atoms with Gasteiger partial charge in [-0.25, -0.2) is 13.2 Å². The van der Waals surface area contributed by atoms with Crippen molar-refractivity contribution in [3.05, 3.63) is 96.1 Å². The molecule has 3 rings (SSSR count). The first kappa shape index (κ1) is 31.8. The lowest BCUT2D eigenvalue weighted by Crippen LogP contribution is -2.42.